The Hall–Kier alpha value is -0.940. The third-order valence-electron chi connectivity index (χ3n) is 4.03. The minimum atomic E-state index is -0.726. The van der Waals surface area contributed by atoms with Gasteiger partial charge in [-0.15, -0.1) is 5.10 Å². The molecule has 2 atom stereocenters. The molecular weight excluding hydrogens is 216 g/mol. The Morgan fingerprint density at radius 3 is 2.82 bits per heavy atom. The highest BCUT2D eigenvalue weighted by atomic mass is 16.3. The van der Waals surface area contributed by atoms with Gasteiger partial charge < -0.3 is 10.4 Å². The topological polar surface area (TPSA) is 63.0 Å². The summed E-state index contributed by atoms with van der Waals surface area (Å²) in [4.78, 5) is 0. The van der Waals surface area contributed by atoms with Gasteiger partial charge in [-0.3, -0.25) is 0 Å². The third kappa shape index (κ3) is 1.87. The SMILES string of the molecule is CCCn1nncc1C1(O)CC2CCC(C1)N2. The summed E-state index contributed by atoms with van der Waals surface area (Å²) in [5, 5.41) is 22.5. The van der Waals surface area contributed by atoms with E-state index in [4.69, 9.17) is 0 Å². The number of fused-ring (bicyclic) bond motifs is 2. The molecule has 5 heteroatoms. The zero-order valence-corrected chi connectivity index (χ0v) is 10.3. The van der Waals surface area contributed by atoms with Gasteiger partial charge in [-0.1, -0.05) is 12.1 Å². The van der Waals surface area contributed by atoms with Crippen LogP contribution in [0, 0.1) is 0 Å². The predicted octanol–water partition coefficient (Wildman–Crippen LogP) is 0.790. The van der Waals surface area contributed by atoms with E-state index in [1.165, 1.54) is 12.8 Å². The molecule has 2 unspecified atom stereocenters. The fourth-order valence-electron chi connectivity index (χ4n) is 3.33. The van der Waals surface area contributed by atoms with Crippen LogP contribution in [0.3, 0.4) is 0 Å². The summed E-state index contributed by atoms with van der Waals surface area (Å²) in [6.07, 6.45) is 6.70. The van der Waals surface area contributed by atoms with Crippen LogP contribution in [-0.4, -0.2) is 32.2 Å². The van der Waals surface area contributed by atoms with Crippen molar-refractivity contribution >= 4 is 0 Å². The molecule has 2 fully saturated rings. The van der Waals surface area contributed by atoms with Gasteiger partial charge in [-0.25, -0.2) is 4.68 Å². The highest BCUT2D eigenvalue weighted by Crippen LogP contribution is 2.40. The van der Waals surface area contributed by atoms with E-state index in [1.807, 2.05) is 4.68 Å². The van der Waals surface area contributed by atoms with Crippen molar-refractivity contribution in [1.29, 1.82) is 0 Å². The molecule has 1 aromatic heterocycles. The van der Waals surface area contributed by atoms with Crippen molar-refractivity contribution in [3.63, 3.8) is 0 Å². The number of aryl methyl sites for hydroxylation is 1. The second-order valence-corrected chi connectivity index (χ2v) is 5.42. The first-order valence-corrected chi connectivity index (χ1v) is 6.58. The molecule has 94 valence electrons. The molecule has 3 rings (SSSR count). The molecule has 0 radical (unpaired) electrons. The number of piperidine rings is 1. The lowest BCUT2D eigenvalue weighted by atomic mass is 9.85. The number of hydrogen-bond donors (Lipinski definition) is 2. The minimum Gasteiger partial charge on any atom is -0.383 e. The number of aliphatic hydroxyl groups is 1. The van der Waals surface area contributed by atoms with Gasteiger partial charge in [0, 0.05) is 18.6 Å². The van der Waals surface area contributed by atoms with E-state index in [1.54, 1.807) is 6.20 Å². The van der Waals surface area contributed by atoms with E-state index in [-0.39, 0.29) is 0 Å². The summed E-state index contributed by atoms with van der Waals surface area (Å²) in [7, 11) is 0. The zero-order chi connectivity index (χ0) is 11.9. The number of hydrogen-bond acceptors (Lipinski definition) is 4. The van der Waals surface area contributed by atoms with Crippen molar-refractivity contribution in [1.82, 2.24) is 20.3 Å². The molecule has 2 saturated heterocycles. The lowest BCUT2D eigenvalue weighted by Crippen LogP contribution is -2.47. The summed E-state index contributed by atoms with van der Waals surface area (Å²) < 4.78 is 1.87. The van der Waals surface area contributed by atoms with Gasteiger partial charge in [-0.2, -0.15) is 0 Å². The van der Waals surface area contributed by atoms with E-state index >= 15 is 0 Å². The molecule has 0 aromatic carbocycles. The summed E-state index contributed by atoms with van der Waals surface area (Å²) >= 11 is 0. The molecule has 2 aliphatic rings. The van der Waals surface area contributed by atoms with Crippen LogP contribution in [0.5, 0.6) is 0 Å². The van der Waals surface area contributed by atoms with Crippen LogP contribution in [0.25, 0.3) is 0 Å². The molecular formula is C12H20N4O. The Kier molecular flexibility index (Phi) is 2.67. The summed E-state index contributed by atoms with van der Waals surface area (Å²) in [5.74, 6) is 0. The molecule has 3 heterocycles. The second kappa shape index (κ2) is 4.07. The van der Waals surface area contributed by atoms with Crippen LogP contribution in [0.1, 0.15) is 44.7 Å². The van der Waals surface area contributed by atoms with E-state index in [9.17, 15) is 5.11 Å². The van der Waals surface area contributed by atoms with Crippen molar-refractivity contribution in [3.8, 4) is 0 Å². The average Bonchev–Trinajstić information content (AvgIpc) is 2.87. The Bertz CT molecular complexity index is 391. The lowest BCUT2D eigenvalue weighted by molar-refractivity contribution is -0.0192. The first kappa shape index (κ1) is 11.2. The Balaban J connectivity index is 1.89. The average molecular weight is 236 g/mol. The molecule has 17 heavy (non-hydrogen) atoms. The van der Waals surface area contributed by atoms with Crippen LogP contribution in [0.2, 0.25) is 0 Å². The quantitative estimate of drug-likeness (QED) is 0.814. The Labute approximate surface area is 101 Å². The minimum absolute atomic E-state index is 0.462. The monoisotopic (exact) mass is 236 g/mol. The van der Waals surface area contributed by atoms with E-state index in [2.05, 4.69) is 22.6 Å². The zero-order valence-electron chi connectivity index (χ0n) is 10.3. The number of nitrogens with one attached hydrogen (secondary N) is 1. The standard InChI is InChI=1S/C12H20N4O/c1-2-5-16-11(8-13-15-16)12(17)6-9-3-4-10(7-12)14-9/h8-10,14,17H,2-7H2,1H3. The van der Waals surface area contributed by atoms with Gasteiger partial charge in [0.25, 0.3) is 0 Å². The van der Waals surface area contributed by atoms with Crippen molar-refractivity contribution in [2.75, 3.05) is 0 Å². The summed E-state index contributed by atoms with van der Waals surface area (Å²) in [6, 6.07) is 0.924. The summed E-state index contributed by atoms with van der Waals surface area (Å²) in [5.41, 5.74) is 0.174. The number of aromatic nitrogens is 3. The molecule has 2 bridgehead atoms. The fraction of sp³-hybridized carbons (Fsp3) is 0.833. The molecule has 5 nitrogen and oxygen atoms in total. The maximum atomic E-state index is 10.9. The Morgan fingerprint density at radius 1 is 1.47 bits per heavy atom. The highest BCUT2D eigenvalue weighted by molar-refractivity contribution is 5.14. The smallest absolute Gasteiger partial charge is 0.111 e. The van der Waals surface area contributed by atoms with Crippen LogP contribution in [0.15, 0.2) is 6.20 Å². The van der Waals surface area contributed by atoms with Gasteiger partial charge in [0.1, 0.15) is 5.60 Å². The van der Waals surface area contributed by atoms with Crippen LogP contribution >= 0.6 is 0 Å². The largest absolute Gasteiger partial charge is 0.383 e. The molecule has 0 aliphatic carbocycles. The molecule has 2 aliphatic heterocycles. The summed E-state index contributed by atoms with van der Waals surface area (Å²) in [6.45, 7) is 2.95. The van der Waals surface area contributed by atoms with Crippen LogP contribution in [-0.2, 0) is 12.1 Å². The van der Waals surface area contributed by atoms with Gasteiger partial charge >= 0.3 is 0 Å². The number of nitrogens with zero attached hydrogens (tertiary/aromatic N) is 3. The van der Waals surface area contributed by atoms with Crippen LogP contribution < -0.4 is 5.32 Å². The first-order chi connectivity index (χ1) is 8.21. The molecule has 2 N–H and O–H groups in total. The van der Waals surface area contributed by atoms with E-state index in [0.29, 0.717) is 12.1 Å². The first-order valence-electron chi connectivity index (χ1n) is 6.58. The fourth-order valence-corrected chi connectivity index (χ4v) is 3.33. The normalized spacial score (nSPS) is 36.4. The Morgan fingerprint density at radius 2 is 2.18 bits per heavy atom. The maximum Gasteiger partial charge on any atom is 0.111 e. The van der Waals surface area contributed by atoms with E-state index in [0.717, 1.165) is 31.5 Å². The van der Waals surface area contributed by atoms with Gasteiger partial charge in [0.15, 0.2) is 0 Å². The molecule has 0 spiro atoms. The van der Waals surface area contributed by atoms with Gasteiger partial charge in [0.05, 0.1) is 11.9 Å². The number of rotatable bonds is 3. The molecule has 1 aromatic rings. The van der Waals surface area contributed by atoms with Crippen molar-refractivity contribution < 1.29 is 5.11 Å². The van der Waals surface area contributed by atoms with Crippen molar-refractivity contribution in [3.05, 3.63) is 11.9 Å². The second-order valence-electron chi connectivity index (χ2n) is 5.42. The molecule has 0 saturated carbocycles. The van der Waals surface area contributed by atoms with E-state index < -0.39 is 5.60 Å². The predicted molar refractivity (Wildman–Crippen MR) is 63.4 cm³/mol. The maximum absolute atomic E-state index is 10.9. The third-order valence-corrected chi connectivity index (χ3v) is 4.03. The van der Waals surface area contributed by atoms with Gasteiger partial charge in [0.2, 0.25) is 0 Å². The van der Waals surface area contributed by atoms with Crippen molar-refractivity contribution in [2.24, 2.45) is 0 Å². The lowest BCUT2D eigenvalue weighted by Gasteiger charge is -2.36. The van der Waals surface area contributed by atoms with Gasteiger partial charge in [-0.05, 0) is 32.1 Å². The van der Waals surface area contributed by atoms with Crippen molar-refractivity contribution in [2.45, 2.75) is 63.3 Å². The molecule has 0 amide bonds. The van der Waals surface area contributed by atoms with Crippen LogP contribution in [0.4, 0.5) is 0 Å². The highest BCUT2D eigenvalue weighted by Gasteiger charge is 2.45.